The number of oxazole rings is 1. The molecule has 0 atom stereocenters. The van der Waals surface area contributed by atoms with Crippen molar-refractivity contribution >= 4 is 44.5 Å². The van der Waals surface area contributed by atoms with Gasteiger partial charge in [-0.15, -0.1) is 0 Å². The van der Waals surface area contributed by atoms with E-state index in [4.69, 9.17) is 14.9 Å². The van der Waals surface area contributed by atoms with Crippen LogP contribution < -0.4 is 10.5 Å². The number of nitrogens with zero attached hydrogens (tertiary/aromatic N) is 1. The first-order chi connectivity index (χ1) is 10.2. The lowest BCUT2D eigenvalue weighted by Crippen LogP contribution is -1.86. The number of benzene rings is 2. The molecule has 4 nitrogen and oxygen atoms in total. The highest BCUT2D eigenvalue weighted by molar-refractivity contribution is 9.10. The average molecular weight is 365 g/mol. The molecular weight excluding hydrogens is 352 g/mol. The zero-order valence-corrected chi connectivity index (χ0v) is 13.7. The highest BCUT2D eigenvalue weighted by Gasteiger charge is 2.08. The molecule has 0 aliphatic rings. The van der Waals surface area contributed by atoms with E-state index in [-0.39, 0.29) is 0 Å². The lowest BCUT2D eigenvalue weighted by atomic mass is 10.2. The molecule has 2 N–H and O–H groups in total. The molecule has 1 aromatic heterocycles. The second kappa shape index (κ2) is 5.99. The maximum absolute atomic E-state index is 5.73. The Morgan fingerprint density at radius 3 is 2.90 bits per heavy atom. The molecule has 1 heterocycles. The van der Waals surface area contributed by atoms with E-state index in [0.717, 1.165) is 27.1 Å². The Labute approximate surface area is 134 Å². The largest absolute Gasteiger partial charge is 0.496 e. The second-order valence-electron chi connectivity index (χ2n) is 4.46. The van der Waals surface area contributed by atoms with Gasteiger partial charge in [0.25, 0.3) is 5.22 Å². The number of ether oxygens (including phenoxy) is 1. The Morgan fingerprint density at radius 1 is 1.29 bits per heavy atom. The molecule has 0 bridgehead atoms. The number of nitrogens with two attached hydrogens (primary N) is 1. The minimum atomic E-state index is 0.641. The van der Waals surface area contributed by atoms with Crippen molar-refractivity contribution in [3.05, 3.63) is 46.4 Å². The molecule has 0 spiro atoms. The quantitative estimate of drug-likeness (QED) is 0.546. The summed E-state index contributed by atoms with van der Waals surface area (Å²) in [5, 5.41) is 0.641. The van der Waals surface area contributed by atoms with Gasteiger partial charge < -0.3 is 14.9 Å². The van der Waals surface area contributed by atoms with Gasteiger partial charge in [0, 0.05) is 17.5 Å². The molecule has 0 aliphatic carbocycles. The van der Waals surface area contributed by atoms with E-state index in [0.29, 0.717) is 16.5 Å². The summed E-state index contributed by atoms with van der Waals surface area (Å²) in [7, 11) is 1.65. The van der Waals surface area contributed by atoms with Crippen LogP contribution in [0.15, 0.2) is 50.5 Å². The van der Waals surface area contributed by atoms with Gasteiger partial charge in [0.1, 0.15) is 11.3 Å². The monoisotopic (exact) mass is 364 g/mol. The van der Waals surface area contributed by atoms with Crippen LogP contribution in [0, 0.1) is 0 Å². The Hall–Kier alpha value is -1.66. The zero-order chi connectivity index (χ0) is 14.8. The molecule has 2 aromatic carbocycles. The van der Waals surface area contributed by atoms with Crippen molar-refractivity contribution < 1.29 is 9.15 Å². The number of hydrogen-bond donors (Lipinski definition) is 1. The normalized spacial score (nSPS) is 11.0. The Morgan fingerprint density at radius 2 is 2.14 bits per heavy atom. The third-order valence-electron chi connectivity index (χ3n) is 2.97. The van der Waals surface area contributed by atoms with Crippen LogP contribution in [-0.2, 0) is 5.75 Å². The van der Waals surface area contributed by atoms with Crippen molar-refractivity contribution in [2.24, 2.45) is 0 Å². The molecule has 3 rings (SSSR count). The van der Waals surface area contributed by atoms with Crippen molar-refractivity contribution in [3.8, 4) is 5.75 Å². The summed E-state index contributed by atoms with van der Waals surface area (Å²) in [4.78, 5) is 4.43. The molecule has 0 amide bonds. The van der Waals surface area contributed by atoms with Gasteiger partial charge in [-0.25, -0.2) is 4.98 Å². The van der Waals surface area contributed by atoms with Crippen molar-refractivity contribution in [1.82, 2.24) is 4.98 Å². The molecule has 0 aliphatic heterocycles. The number of rotatable bonds is 4. The van der Waals surface area contributed by atoms with Crippen molar-refractivity contribution in [1.29, 1.82) is 0 Å². The van der Waals surface area contributed by atoms with Crippen LogP contribution >= 0.6 is 27.7 Å². The standard InChI is InChI=1S/C15H13BrN2O2S/c1-19-13-5-2-9(6-11(13)16)8-21-15-18-12-4-3-10(17)7-14(12)20-15/h2-7H,8,17H2,1H3. The van der Waals surface area contributed by atoms with Gasteiger partial charge in [-0.3, -0.25) is 0 Å². The number of fused-ring (bicyclic) bond motifs is 1. The Bertz CT molecular complexity index is 788. The van der Waals surface area contributed by atoms with Crippen LogP contribution in [0.2, 0.25) is 0 Å². The van der Waals surface area contributed by atoms with Crippen molar-refractivity contribution in [2.45, 2.75) is 11.0 Å². The molecule has 0 fully saturated rings. The fourth-order valence-corrected chi connectivity index (χ4v) is 3.30. The maximum Gasteiger partial charge on any atom is 0.257 e. The lowest BCUT2D eigenvalue weighted by Gasteiger charge is -2.05. The summed E-state index contributed by atoms with van der Waals surface area (Å²) in [6, 6.07) is 11.5. The van der Waals surface area contributed by atoms with E-state index in [2.05, 4.69) is 20.9 Å². The van der Waals surface area contributed by atoms with Crippen LogP contribution in [-0.4, -0.2) is 12.1 Å². The van der Waals surface area contributed by atoms with E-state index >= 15 is 0 Å². The first-order valence-corrected chi connectivity index (χ1v) is 8.05. The lowest BCUT2D eigenvalue weighted by molar-refractivity contribution is 0.412. The predicted octanol–water partition coefficient (Wildman–Crippen LogP) is 4.47. The van der Waals surface area contributed by atoms with Crippen LogP contribution in [0.25, 0.3) is 11.1 Å². The van der Waals surface area contributed by atoms with Crippen LogP contribution in [0.1, 0.15) is 5.56 Å². The van der Waals surface area contributed by atoms with Crippen molar-refractivity contribution in [2.75, 3.05) is 12.8 Å². The van der Waals surface area contributed by atoms with Crippen LogP contribution in [0.3, 0.4) is 0 Å². The summed E-state index contributed by atoms with van der Waals surface area (Å²) in [6.07, 6.45) is 0. The number of methoxy groups -OCH3 is 1. The molecule has 6 heteroatoms. The van der Waals surface area contributed by atoms with Gasteiger partial charge in [0.2, 0.25) is 0 Å². The minimum absolute atomic E-state index is 0.641. The third-order valence-corrected chi connectivity index (χ3v) is 4.49. The number of nitrogen functional groups attached to an aromatic ring is 1. The predicted molar refractivity (Wildman–Crippen MR) is 88.7 cm³/mol. The van der Waals surface area contributed by atoms with Gasteiger partial charge in [0.05, 0.1) is 11.6 Å². The topological polar surface area (TPSA) is 61.3 Å². The van der Waals surface area contributed by atoms with Crippen LogP contribution in [0.4, 0.5) is 5.69 Å². The minimum Gasteiger partial charge on any atom is -0.496 e. The number of aromatic nitrogens is 1. The van der Waals surface area contributed by atoms with Gasteiger partial charge in [-0.05, 0) is 45.8 Å². The van der Waals surface area contributed by atoms with Crippen LogP contribution in [0.5, 0.6) is 5.75 Å². The Kier molecular flexibility index (Phi) is 4.07. The fourth-order valence-electron chi connectivity index (χ4n) is 1.93. The van der Waals surface area contributed by atoms with Gasteiger partial charge in [0.15, 0.2) is 5.58 Å². The first kappa shape index (κ1) is 14.3. The summed E-state index contributed by atoms with van der Waals surface area (Å²) >= 11 is 5.03. The molecule has 0 saturated heterocycles. The molecular formula is C15H13BrN2O2S. The summed E-state index contributed by atoms with van der Waals surface area (Å²) in [5.41, 5.74) is 9.11. The maximum atomic E-state index is 5.73. The van der Waals surface area contributed by atoms with Crippen molar-refractivity contribution in [3.63, 3.8) is 0 Å². The fraction of sp³-hybridized carbons (Fsp3) is 0.133. The molecule has 3 aromatic rings. The third kappa shape index (κ3) is 3.16. The van der Waals surface area contributed by atoms with Gasteiger partial charge in [-0.2, -0.15) is 0 Å². The molecule has 0 saturated carbocycles. The SMILES string of the molecule is COc1ccc(CSc2nc3ccc(N)cc3o2)cc1Br. The summed E-state index contributed by atoms with van der Waals surface area (Å²) in [5.74, 6) is 1.59. The van der Waals surface area contributed by atoms with E-state index < -0.39 is 0 Å². The van der Waals surface area contributed by atoms with E-state index in [1.807, 2.05) is 30.3 Å². The Balaban J connectivity index is 1.75. The number of anilines is 1. The molecule has 0 unspecified atom stereocenters. The highest BCUT2D eigenvalue weighted by atomic mass is 79.9. The highest BCUT2D eigenvalue weighted by Crippen LogP contribution is 2.30. The molecule has 108 valence electrons. The average Bonchev–Trinajstić information content (AvgIpc) is 2.87. The van der Waals surface area contributed by atoms with E-state index in [1.165, 1.54) is 0 Å². The number of hydrogen-bond acceptors (Lipinski definition) is 5. The zero-order valence-electron chi connectivity index (χ0n) is 11.3. The smallest absolute Gasteiger partial charge is 0.257 e. The second-order valence-corrected chi connectivity index (χ2v) is 6.25. The number of halogens is 1. The molecule has 21 heavy (non-hydrogen) atoms. The molecule has 0 radical (unpaired) electrons. The number of thioether (sulfide) groups is 1. The van der Waals surface area contributed by atoms with E-state index in [9.17, 15) is 0 Å². The summed E-state index contributed by atoms with van der Waals surface area (Å²) in [6.45, 7) is 0. The summed E-state index contributed by atoms with van der Waals surface area (Å²) < 4.78 is 11.8. The van der Waals surface area contributed by atoms with Gasteiger partial charge >= 0.3 is 0 Å². The van der Waals surface area contributed by atoms with E-state index in [1.54, 1.807) is 24.9 Å². The first-order valence-electron chi connectivity index (χ1n) is 6.27. The van der Waals surface area contributed by atoms with Gasteiger partial charge in [-0.1, -0.05) is 17.8 Å².